The van der Waals surface area contributed by atoms with Crippen molar-refractivity contribution in [2.75, 3.05) is 20.2 Å². The molecule has 1 heterocycles. The second-order valence-electron chi connectivity index (χ2n) is 10.1. The van der Waals surface area contributed by atoms with E-state index in [1.165, 1.54) is 12.7 Å². The first-order valence-electron chi connectivity index (χ1n) is 13.0. The van der Waals surface area contributed by atoms with E-state index in [1.54, 1.807) is 0 Å². The predicted molar refractivity (Wildman–Crippen MR) is 148 cm³/mol. The van der Waals surface area contributed by atoms with Gasteiger partial charge in [-0.3, -0.25) is 19.8 Å². The lowest BCUT2D eigenvalue weighted by Gasteiger charge is -2.35. The number of nitrogens with one attached hydrogen (secondary N) is 2. The number of halogens is 1. The molecule has 4 N–H and O–H groups in total. The summed E-state index contributed by atoms with van der Waals surface area (Å²) in [7, 11) is 1.33. The molecule has 1 saturated carbocycles. The van der Waals surface area contributed by atoms with E-state index in [1.807, 2.05) is 47.4 Å². The highest BCUT2D eigenvalue weighted by atomic mass is 35.5. The second-order valence-corrected chi connectivity index (χ2v) is 10.1. The number of amidine groups is 1. The van der Waals surface area contributed by atoms with Crippen LogP contribution in [-0.4, -0.2) is 54.8 Å². The zero-order valence-electron chi connectivity index (χ0n) is 21.7. The highest BCUT2D eigenvalue weighted by molar-refractivity contribution is 5.94. The summed E-state index contributed by atoms with van der Waals surface area (Å²) < 4.78 is 4.79. The standard InChI is InChI=1S/C29H36N4O4.ClH/c1-37-26(34)17-24-16-25(33(29(24)36)13-5-8-19-6-3-2-4-7-19)18-32-28(35)23-14-22(15-23)20-9-11-21(12-10-20)27(30)31;/h2-4,6-7,9-12,22-25H,5,8,13-18H2,1H3,(H3,30,31)(H,32,35);1H/t22-,23-,24-,25-;/m0./s1. The molecule has 2 aliphatic rings. The monoisotopic (exact) mass is 540 g/mol. The number of hydrogen-bond acceptors (Lipinski definition) is 5. The lowest BCUT2D eigenvalue weighted by Crippen LogP contribution is -2.45. The van der Waals surface area contributed by atoms with Gasteiger partial charge in [-0.15, -0.1) is 12.4 Å². The lowest BCUT2D eigenvalue weighted by molar-refractivity contribution is -0.144. The van der Waals surface area contributed by atoms with Crippen LogP contribution in [-0.2, 0) is 25.5 Å². The molecule has 0 aromatic heterocycles. The first-order chi connectivity index (χ1) is 17.9. The van der Waals surface area contributed by atoms with Gasteiger partial charge in [-0.1, -0.05) is 54.6 Å². The van der Waals surface area contributed by atoms with Crippen LogP contribution in [0.1, 0.15) is 54.7 Å². The van der Waals surface area contributed by atoms with Crippen molar-refractivity contribution in [2.45, 2.75) is 50.5 Å². The lowest BCUT2D eigenvalue weighted by atomic mass is 9.71. The Balaban J connectivity index is 0.00000400. The first kappa shape index (κ1) is 29.2. The Morgan fingerprint density at radius 3 is 2.39 bits per heavy atom. The fourth-order valence-corrected chi connectivity index (χ4v) is 5.41. The van der Waals surface area contributed by atoms with Gasteiger partial charge in [0.25, 0.3) is 0 Å². The van der Waals surface area contributed by atoms with Crippen molar-refractivity contribution < 1.29 is 19.1 Å². The molecule has 9 heteroatoms. The maximum Gasteiger partial charge on any atom is 0.306 e. The highest BCUT2D eigenvalue weighted by Gasteiger charge is 2.41. The second kappa shape index (κ2) is 13.4. The van der Waals surface area contributed by atoms with Gasteiger partial charge < -0.3 is 20.7 Å². The van der Waals surface area contributed by atoms with Crippen molar-refractivity contribution in [3.63, 3.8) is 0 Å². The molecular formula is C29H37ClN4O4. The molecule has 204 valence electrons. The van der Waals surface area contributed by atoms with Crippen LogP contribution in [0.3, 0.4) is 0 Å². The molecule has 2 atom stereocenters. The van der Waals surface area contributed by atoms with Crippen LogP contribution < -0.4 is 11.1 Å². The minimum Gasteiger partial charge on any atom is -0.469 e. The Morgan fingerprint density at radius 1 is 1.08 bits per heavy atom. The van der Waals surface area contributed by atoms with E-state index in [-0.39, 0.29) is 54.4 Å². The molecule has 0 spiro atoms. The minimum absolute atomic E-state index is 0. The van der Waals surface area contributed by atoms with E-state index >= 15 is 0 Å². The SMILES string of the molecule is COC(=O)C[C@@H]1C[C@@H](CNC(=O)[C@H]2C[C@H](c3ccc(C(=N)N)cc3)C2)N(CCCc2ccccc2)C1=O.Cl. The molecule has 4 rings (SSSR count). The van der Waals surface area contributed by atoms with Gasteiger partial charge in [-0.25, -0.2) is 0 Å². The predicted octanol–water partition coefficient (Wildman–Crippen LogP) is 3.42. The third-order valence-corrected chi connectivity index (χ3v) is 7.69. The summed E-state index contributed by atoms with van der Waals surface area (Å²) in [5, 5.41) is 10.6. The van der Waals surface area contributed by atoms with Crippen molar-refractivity contribution in [1.82, 2.24) is 10.2 Å². The Hall–Kier alpha value is -3.39. The normalized spacial score (nSPS) is 22.2. The van der Waals surface area contributed by atoms with Crippen molar-refractivity contribution in [2.24, 2.45) is 17.6 Å². The maximum absolute atomic E-state index is 13.1. The van der Waals surface area contributed by atoms with Crippen molar-refractivity contribution in [3.05, 3.63) is 71.3 Å². The molecule has 0 unspecified atom stereocenters. The molecule has 2 fully saturated rings. The zero-order valence-corrected chi connectivity index (χ0v) is 22.5. The van der Waals surface area contributed by atoms with E-state index in [4.69, 9.17) is 15.9 Å². The maximum atomic E-state index is 13.1. The molecule has 0 bridgehead atoms. The molecule has 1 aliphatic carbocycles. The van der Waals surface area contributed by atoms with Crippen LogP contribution >= 0.6 is 12.4 Å². The fraction of sp³-hybridized carbons (Fsp3) is 0.448. The number of methoxy groups -OCH3 is 1. The summed E-state index contributed by atoms with van der Waals surface area (Å²) >= 11 is 0. The average molecular weight is 541 g/mol. The minimum atomic E-state index is -0.405. The van der Waals surface area contributed by atoms with Crippen LogP contribution in [0.5, 0.6) is 0 Å². The zero-order chi connectivity index (χ0) is 26.4. The van der Waals surface area contributed by atoms with E-state index < -0.39 is 5.92 Å². The smallest absolute Gasteiger partial charge is 0.306 e. The Labute approximate surface area is 230 Å². The summed E-state index contributed by atoms with van der Waals surface area (Å²) in [5.74, 6) is -0.483. The number of nitrogen functional groups attached to an aromatic ring is 1. The quantitative estimate of drug-likeness (QED) is 0.229. The van der Waals surface area contributed by atoms with Crippen LogP contribution in [0.25, 0.3) is 0 Å². The molecule has 8 nitrogen and oxygen atoms in total. The number of carbonyl (C=O) groups excluding carboxylic acids is 3. The molecule has 2 aromatic carbocycles. The van der Waals surface area contributed by atoms with Gasteiger partial charge in [0, 0.05) is 30.6 Å². The van der Waals surface area contributed by atoms with Gasteiger partial charge in [0.15, 0.2) is 0 Å². The number of nitrogens with zero attached hydrogens (tertiary/aromatic N) is 1. The van der Waals surface area contributed by atoms with E-state index in [0.29, 0.717) is 31.0 Å². The molecule has 0 radical (unpaired) electrons. The molecule has 1 aliphatic heterocycles. The van der Waals surface area contributed by atoms with E-state index in [0.717, 1.165) is 31.2 Å². The van der Waals surface area contributed by atoms with Gasteiger partial charge in [0.2, 0.25) is 11.8 Å². The number of esters is 1. The fourth-order valence-electron chi connectivity index (χ4n) is 5.41. The summed E-state index contributed by atoms with van der Waals surface area (Å²) in [6.07, 6.45) is 3.85. The number of likely N-dealkylation sites (tertiary alicyclic amines) is 1. The number of rotatable bonds is 11. The van der Waals surface area contributed by atoms with Crippen molar-refractivity contribution >= 4 is 36.0 Å². The number of benzene rings is 2. The van der Waals surface area contributed by atoms with E-state index in [9.17, 15) is 14.4 Å². The Kier molecular flexibility index (Phi) is 10.3. The van der Waals surface area contributed by atoms with Crippen LogP contribution in [0.15, 0.2) is 54.6 Å². The van der Waals surface area contributed by atoms with Gasteiger partial charge in [-0.2, -0.15) is 0 Å². The molecular weight excluding hydrogens is 504 g/mol. The molecule has 2 amide bonds. The molecule has 38 heavy (non-hydrogen) atoms. The van der Waals surface area contributed by atoms with Gasteiger partial charge in [0.05, 0.1) is 19.4 Å². The number of carbonyl (C=O) groups is 3. The Bertz CT molecular complexity index is 1120. The topological polar surface area (TPSA) is 126 Å². The van der Waals surface area contributed by atoms with Gasteiger partial charge in [0.1, 0.15) is 5.84 Å². The van der Waals surface area contributed by atoms with Crippen molar-refractivity contribution in [1.29, 1.82) is 5.41 Å². The average Bonchev–Trinajstić information content (AvgIpc) is 3.16. The number of ether oxygens (including phenoxy) is 1. The summed E-state index contributed by atoms with van der Waals surface area (Å²) in [6, 6.07) is 17.7. The third-order valence-electron chi connectivity index (χ3n) is 7.69. The highest BCUT2D eigenvalue weighted by Crippen LogP contribution is 2.41. The number of nitrogens with two attached hydrogens (primary N) is 1. The molecule has 1 saturated heterocycles. The summed E-state index contributed by atoms with van der Waals surface area (Å²) in [5.41, 5.74) is 8.60. The Morgan fingerprint density at radius 2 is 1.76 bits per heavy atom. The number of amides is 2. The van der Waals surface area contributed by atoms with Crippen molar-refractivity contribution in [3.8, 4) is 0 Å². The third kappa shape index (κ3) is 7.13. The first-order valence-corrected chi connectivity index (χ1v) is 13.0. The summed E-state index contributed by atoms with van der Waals surface area (Å²) in [4.78, 5) is 39.7. The van der Waals surface area contributed by atoms with Crippen LogP contribution in [0, 0.1) is 17.2 Å². The van der Waals surface area contributed by atoms with Gasteiger partial charge in [-0.05, 0) is 49.1 Å². The summed E-state index contributed by atoms with van der Waals surface area (Å²) in [6.45, 7) is 0.982. The number of hydrogen-bond donors (Lipinski definition) is 3. The van der Waals surface area contributed by atoms with Gasteiger partial charge >= 0.3 is 5.97 Å². The largest absolute Gasteiger partial charge is 0.469 e. The van der Waals surface area contributed by atoms with E-state index in [2.05, 4.69) is 17.4 Å². The van der Waals surface area contributed by atoms with Crippen LogP contribution in [0.4, 0.5) is 0 Å². The molecule has 2 aromatic rings. The number of aryl methyl sites for hydroxylation is 1. The van der Waals surface area contributed by atoms with Crippen LogP contribution in [0.2, 0.25) is 0 Å².